The van der Waals surface area contributed by atoms with Crippen molar-refractivity contribution in [2.75, 3.05) is 31.3 Å². The van der Waals surface area contributed by atoms with E-state index >= 15 is 0 Å². The Morgan fingerprint density at radius 2 is 2.32 bits per heavy atom. The summed E-state index contributed by atoms with van der Waals surface area (Å²) in [4.78, 5) is 13.1. The number of anilines is 1. The van der Waals surface area contributed by atoms with Crippen LogP contribution in [0.1, 0.15) is 24.9 Å². The van der Waals surface area contributed by atoms with Crippen LogP contribution < -0.4 is 10.6 Å². The number of hydrogen-bond donors (Lipinski definition) is 2. The number of hydrogen-bond acceptors (Lipinski definition) is 4. The Morgan fingerprint density at radius 1 is 1.47 bits per heavy atom. The fourth-order valence-corrected chi connectivity index (χ4v) is 2.92. The molecule has 19 heavy (non-hydrogen) atoms. The third-order valence-electron chi connectivity index (χ3n) is 3.01. The van der Waals surface area contributed by atoms with Gasteiger partial charge in [0.05, 0.1) is 6.61 Å². The number of methoxy groups -OCH3 is 1. The molecule has 2 N–H and O–H groups in total. The van der Waals surface area contributed by atoms with Gasteiger partial charge in [-0.2, -0.15) is 0 Å². The van der Waals surface area contributed by atoms with Crippen LogP contribution in [0.25, 0.3) is 0 Å². The van der Waals surface area contributed by atoms with E-state index in [1.54, 1.807) is 18.9 Å². The molecule has 4 nitrogen and oxygen atoms in total. The number of fused-ring (bicyclic) bond motifs is 1. The maximum absolute atomic E-state index is 11.9. The predicted molar refractivity (Wildman–Crippen MR) is 78.7 cm³/mol. The molecule has 0 fully saturated rings. The van der Waals surface area contributed by atoms with Crippen LogP contribution in [-0.4, -0.2) is 31.9 Å². The van der Waals surface area contributed by atoms with Gasteiger partial charge in [-0.05, 0) is 25.1 Å². The summed E-state index contributed by atoms with van der Waals surface area (Å²) in [6.45, 7) is 3.67. The van der Waals surface area contributed by atoms with Crippen molar-refractivity contribution in [3.05, 3.63) is 23.8 Å². The van der Waals surface area contributed by atoms with Gasteiger partial charge in [0, 0.05) is 29.0 Å². The van der Waals surface area contributed by atoms with Crippen molar-refractivity contribution in [1.29, 1.82) is 0 Å². The van der Waals surface area contributed by atoms with Crippen molar-refractivity contribution in [2.45, 2.75) is 24.3 Å². The first-order valence-electron chi connectivity index (χ1n) is 6.56. The number of amides is 1. The first-order chi connectivity index (χ1) is 9.26. The number of rotatable bonds is 7. The molecule has 0 saturated carbocycles. The van der Waals surface area contributed by atoms with Crippen molar-refractivity contribution in [3.8, 4) is 0 Å². The minimum absolute atomic E-state index is 0.0440. The molecule has 0 aliphatic carbocycles. The zero-order chi connectivity index (χ0) is 13.7. The van der Waals surface area contributed by atoms with E-state index in [1.807, 2.05) is 12.1 Å². The minimum atomic E-state index is -0.201. The van der Waals surface area contributed by atoms with Crippen molar-refractivity contribution >= 4 is 23.4 Å². The summed E-state index contributed by atoms with van der Waals surface area (Å²) in [6.07, 6.45) is 1.02. The molecule has 0 saturated heterocycles. The van der Waals surface area contributed by atoms with Gasteiger partial charge in [-0.25, -0.2) is 0 Å². The summed E-state index contributed by atoms with van der Waals surface area (Å²) in [7, 11) is 1.70. The van der Waals surface area contributed by atoms with Crippen molar-refractivity contribution < 1.29 is 9.53 Å². The van der Waals surface area contributed by atoms with E-state index in [9.17, 15) is 4.79 Å². The second kappa shape index (κ2) is 6.93. The van der Waals surface area contributed by atoms with Gasteiger partial charge < -0.3 is 15.4 Å². The fourth-order valence-electron chi connectivity index (χ4n) is 2.07. The molecule has 1 aliphatic heterocycles. The van der Waals surface area contributed by atoms with Crippen LogP contribution in [-0.2, 0) is 9.53 Å². The van der Waals surface area contributed by atoms with Gasteiger partial charge in [-0.1, -0.05) is 13.0 Å². The Kier molecular flexibility index (Phi) is 5.24. The van der Waals surface area contributed by atoms with E-state index in [0.717, 1.165) is 41.5 Å². The number of thioether (sulfide) groups is 1. The second-order valence-corrected chi connectivity index (χ2v) is 5.64. The standard InChI is InChI=1S/C14H20N2O2S/c1-3-6-15-13-11-5-4-10(19-8-7-18-2)9-12(11)16-14(13)17/h4-5,9,13,15H,3,6-8H2,1-2H3,(H,16,17). The molecule has 5 heteroatoms. The first-order valence-corrected chi connectivity index (χ1v) is 7.54. The van der Waals surface area contributed by atoms with Gasteiger partial charge in [0.1, 0.15) is 6.04 Å². The third-order valence-corrected chi connectivity index (χ3v) is 3.97. The molecule has 0 aromatic heterocycles. The average molecular weight is 280 g/mol. The summed E-state index contributed by atoms with van der Waals surface area (Å²) in [5.41, 5.74) is 1.98. The monoisotopic (exact) mass is 280 g/mol. The van der Waals surface area contributed by atoms with Crippen LogP contribution in [0.5, 0.6) is 0 Å². The molecule has 0 bridgehead atoms. The van der Waals surface area contributed by atoms with E-state index in [1.165, 1.54) is 0 Å². The third kappa shape index (κ3) is 3.49. The van der Waals surface area contributed by atoms with Gasteiger partial charge in [0.2, 0.25) is 5.91 Å². The lowest BCUT2D eigenvalue weighted by Gasteiger charge is -2.10. The summed E-state index contributed by atoms with van der Waals surface area (Å²) >= 11 is 1.73. The Hall–Kier alpha value is -1.04. The molecule has 1 aromatic carbocycles. The van der Waals surface area contributed by atoms with Crippen LogP contribution in [0, 0.1) is 0 Å². The summed E-state index contributed by atoms with van der Waals surface area (Å²) < 4.78 is 5.03. The van der Waals surface area contributed by atoms with E-state index in [-0.39, 0.29) is 11.9 Å². The molecule has 1 aromatic rings. The summed E-state index contributed by atoms with van der Waals surface area (Å²) in [5, 5.41) is 6.21. The summed E-state index contributed by atoms with van der Waals surface area (Å²) in [5.74, 6) is 0.961. The minimum Gasteiger partial charge on any atom is -0.384 e. The molecule has 2 rings (SSSR count). The van der Waals surface area contributed by atoms with Gasteiger partial charge in [-0.3, -0.25) is 4.79 Å². The van der Waals surface area contributed by atoms with Crippen LogP contribution in [0.4, 0.5) is 5.69 Å². The quantitative estimate of drug-likeness (QED) is 0.595. The van der Waals surface area contributed by atoms with Crippen molar-refractivity contribution in [2.24, 2.45) is 0 Å². The van der Waals surface area contributed by atoms with Crippen LogP contribution in [0.15, 0.2) is 23.1 Å². The van der Waals surface area contributed by atoms with E-state index in [2.05, 4.69) is 23.6 Å². The Bertz CT molecular complexity index is 451. The fraction of sp³-hybridized carbons (Fsp3) is 0.500. The Balaban J connectivity index is 2.06. The maximum atomic E-state index is 11.9. The van der Waals surface area contributed by atoms with Gasteiger partial charge in [-0.15, -0.1) is 11.8 Å². The molecule has 1 aliphatic rings. The molecule has 104 valence electrons. The molecule has 1 atom stereocenters. The zero-order valence-corrected chi connectivity index (χ0v) is 12.2. The van der Waals surface area contributed by atoms with Gasteiger partial charge in [0.25, 0.3) is 0 Å². The average Bonchev–Trinajstić information content (AvgIpc) is 2.71. The predicted octanol–water partition coefficient (Wildman–Crippen LogP) is 2.42. The topological polar surface area (TPSA) is 50.4 Å². The summed E-state index contributed by atoms with van der Waals surface area (Å²) in [6, 6.07) is 5.95. The number of carbonyl (C=O) groups excluding carboxylic acids is 1. The smallest absolute Gasteiger partial charge is 0.246 e. The van der Waals surface area contributed by atoms with Crippen LogP contribution in [0.3, 0.4) is 0 Å². The van der Waals surface area contributed by atoms with Gasteiger partial charge in [0.15, 0.2) is 0 Å². The van der Waals surface area contributed by atoms with Crippen LogP contribution in [0.2, 0.25) is 0 Å². The lowest BCUT2D eigenvalue weighted by molar-refractivity contribution is -0.117. The highest BCUT2D eigenvalue weighted by Gasteiger charge is 2.29. The normalized spacial score (nSPS) is 17.4. The lowest BCUT2D eigenvalue weighted by Crippen LogP contribution is -2.27. The van der Waals surface area contributed by atoms with Crippen molar-refractivity contribution in [1.82, 2.24) is 5.32 Å². The second-order valence-electron chi connectivity index (χ2n) is 4.47. The molecular formula is C14H20N2O2S. The number of carbonyl (C=O) groups is 1. The Labute approximate surface area is 118 Å². The molecule has 1 unspecified atom stereocenters. The van der Waals surface area contributed by atoms with E-state index in [4.69, 9.17) is 4.74 Å². The largest absolute Gasteiger partial charge is 0.384 e. The number of nitrogens with one attached hydrogen (secondary N) is 2. The number of benzene rings is 1. The highest BCUT2D eigenvalue weighted by molar-refractivity contribution is 7.99. The molecule has 0 radical (unpaired) electrons. The molecule has 0 spiro atoms. The SMILES string of the molecule is CCCNC1C(=O)Nc2cc(SCCOC)ccc21. The maximum Gasteiger partial charge on any atom is 0.246 e. The zero-order valence-electron chi connectivity index (χ0n) is 11.4. The highest BCUT2D eigenvalue weighted by Crippen LogP contribution is 2.34. The van der Waals surface area contributed by atoms with Crippen molar-refractivity contribution in [3.63, 3.8) is 0 Å². The van der Waals surface area contributed by atoms with E-state index < -0.39 is 0 Å². The van der Waals surface area contributed by atoms with Gasteiger partial charge >= 0.3 is 0 Å². The highest BCUT2D eigenvalue weighted by atomic mass is 32.2. The molecule has 1 heterocycles. The molecule has 1 amide bonds. The van der Waals surface area contributed by atoms with Crippen LogP contribution >= 0.6 is 11.8 Å². The molecular weight excluding hydrogens is 260 g/mol. The van der Waals surface area contributed by atoms with E-state index in [0.29, 0.717) is 0 Å². The number of ether oxygens (including phenoxy) is 1. The Morgan fingerprint density at radius 3 is 3.05 bits per heavy atom. The lowest BCUT2D eigenvalue weighted by atomic mass is 10.1. The first kappa shape index (κ1) is 14.4.